The van der Waals surface area contributed by atoms with Gasteiger partial charge in [-0.25, -0.2) is 4.79 Å². The van der Waals surface area contributed by atoms with Crippen LogP contribution in [0.15, 0.2) is 0 Å². The van der Waals surface area contributed by atoms with Gasteiger partial charge in [0.15, 0.2) is 0 Å². The molecule has 1 heterocycles. The Morgan fingerprint density at radius 2 is 1.96 bits per heavy atom. The molecule has 0 saturated heterocycles. The summed E-state index contributed by atoms with van der Waals surface area (Å²) < 4.78 is 0. The van der Waals surface area contributed by atoms with Crippen LogP contribution in [-0.2, 0) is 9.59 Å². The third-order valence-corrected chi connectivity index (χ3v) is 5.10. The summed E-state index contributed by atoms with van der Waals surface area (Å²) in [6.07, 6.45) is 2.79. The number of rotatable bonds is 7. The smallest absolute Gasteiger partial charge is 0.326 e. The SMILES string of the molecule is CCCC(NC(=O)c1c(NC(=O)C2CC2)sc(C)c1C)C(=O)O. The Morgan fingerprint density at radius 1 is 1.30 bits per heavy atom. The van der Waals surface area contributed by atoms with Gasteiger partial charge in [-0.2, -0.15) is 0 Å². The first-order valence-corrected chi connectivity index (χ1v) is 8.61. The number of amides is 2. The van der Waals surface area contributed by atoms with Gasteiger partial charge in [0.2, 0.25) is 5.91 Å². The molecule has 1 fully saturated rings. The highest BCUT2D eigenvalue weighted by Gasteiger charge is 2.32. The van der Waals surface area contributed by atoms with E-state index in [4.69, 9.17) is 0 Å². The zero-order chi connectivity index (χ0) is 17.1. The molecule has 6 nitrogen and oxygen atoms in total. The molecule has 23 heavy (non-hydrogen) atoms. The minimum absolute atomic E-state index is 0.0421. The number of carboxylic acid groups (broad SMARTS) is 1. The number of carboxylic acids is 1. The first-order chi connectivity index (χ1) is 10.8. The van der Waals surface area contributed by atoms with E-state index in [1.54, 1.807) is 0 Å². The van der Waals surface area contributed by atoms with Crippen LogP contribution < -0.4 is 10.6 Å². The molecule has 2 amide bonds. The molecule has 1 atom stereocenters. The molecule has 2 rings (SSSR count). The monoisotopic (exact) mass is 338 g/mol. The predicted molar refractivity (Wildman–Crippen MR) is 88.9 cm³/mol. The largest absolute Gasteiger partial charge is 0.480 e. The highest BCUT2D eigenvalue weighted by molar-refractivity contribution is 7.16. The van der Waals surface area contributed by atoms with Gasteiger partial charge >= 0.3 is 5.97 Å². The fourth-order valence-electron chi connectivity index (χ4n) is 2.32. The third kappa shape index (κ3) is 4.10. The van der Waals surface area contributed by atoms with Crippen LogP contribution >= 0.6 is 11.3 Å². The van der Waals surface area contributed by atoms with E-state index in [0.29, 0.717) is 23.4 Å². The predicted octanol–water partition coefficient (Wildman–Crippen LogP) is 2.70. The van der Waals surface area contributed by atoms with Crippen LogP contribution in [-0.4, -0.2) is 28.9 Å². The van der Waals surface area contributed by atoms with Crippen molar-refractivity contribution in [3.05, 3.63) is 16.0 Å². The van der Waals surface area contributed by atoms with Crippen molar-refractivity contribution in [2.75, 3.05) is 5.32 Å². The van der Waals surface area contributed by atoms with Crippen molar-refractivity contribution < 1.29 is 19.5 Å². The summed E-state index contributed by atoms with van der Waals surface area (Å²) in [7, 11) is 0. The average Bonchev–Trinajstić information content (AvgIpc) is 3.27. The van der Waals surface area contributed by atoms with Crippen LogP contribution in [0.4, 0.5) is 5.00 Å². The summed E-state index contributed by atoms with van der Waals surface area (Å²) in [6.45, 7) is 5.55. The van der Waals surface area contributed by atoms with Crippen LogP contribution in [0.25, 0.3) is 0 Å². The Balaban J connectivity index is 2.20. The minimum atomic E-state index is -1.05. The number of aliphatic carboxylic acids is 1. The van der Waals surface area contributed by atoms with Crippen LogP contribution in [0.5, 0.6) is 0 Å². The molecule has 0 radical (unpaired) electrons. The normalized spacial score (nSPS) is 15.1. The second kappa shape index (κ2) is 7.12. The van der Waals surface area contributed by atoms with Gasteiger partial charge in [0.1, 0.15) is 11.0 Å². The van der Waals surface area contributed by atoms with Crippen molar-refractivity contribution >= 4 is 34.1 Å². The first kappa shape index (κ1) is 17.5. The van der Waals surface area contributed by atoms with Gasteiger partial charge in [0, 0.05) is 10.8 Å². The molecular formula is C16H22N2O4S. The maximum Gasteiger partial charge on any atom is 0.326 e. The van der Waals surface area contributed by atoms with Gasteiger partial charge in [0.25, 0.3) is 5.91 Å². The molecule has 1 unspecified atom stereocenters. The maximum atomic E-state index is 12.5. The lowest BCUT2D eigenvalue weighted by atomic mass is 10.1. The van der Waals surface area contributed by atoms with E-state index in [9.17, 15) is 19.5 Å². The van der Waals surface area contributed by atoms with E-state index < -0.39 is 17.9 Å². The van der Waals surface area contributed by atoms with Gasteiger partial charge in [-0.05, 0) is 38.7 Å². The number of carbonyl (C=O) groups excluding carboxylic acids is 2. The van der Waals surface area contributed by atoms with Gasteiger partial charge in [-0.1, -0.05) is 13.3 Å². The molecule has 1 aliphatic carbocycles. The fraction of sp³-hybridized carbons (Fsp3) is 0.562. The lowest BCUT2D eigenvalue weighted by Gasteiger charge is -2.14. The molecule has 1 aromatic heterocycles. The minimum Gasteiger partial charge on any atom is -0.480 e. The maximum absolute atomic E-state index is 12.5. The van der Waals surface area contributed by atoms with Crippen LogP contribution in [0, 0.1) is 19.8 Å². The molecule has 0 bridgehead atoms. The van der Waals surface area contributed by atoms with Crippen molar-refractivity contribution in [3.8, 4) is 0 Å². The molecule has 1 aliphatic rings. The highest BCUT2D eigenvalue weighted by Crippen LogP contribution is 2.35. The van der Waals surface area contributed by atoms with Gasteiger partial charge in [-0.3, -0.25) is 9.59 Å². The van der Waals surface area contributed by atoms with E-state index >= 15 is 0 Å². The van der Waals surface area contributed by atoms with Crippen molar-refractivity contribution in [3.63, 3.8) is 0 Å². The molecule has 1 aromatic rings. The first-order valence-electron chi connectivity index (χ1n) is 7.79. The molecule has 126 valence electrons. The lowest BCUT2D eigenvalue weighted by Crippen LogP contribution is -2.41. The van der Waals surface area contributed by atoms with Gasteiger partial charge in [-0.15, -0.1) is 11.3 Å². The quantitative estimate of drug-likeness (QED) is 0.712. The molecule has 1 saturated carbocycles. The average molecular weight is 338 g/mol. The summed E-state index contributed by atoms with van der Waals surface area (Å²) in [6, 6.07) is -0.918. The zero-order valence-corrected chi connectivity index (χ0v) is 14.4. The standard InChI is InChI=1S/C16H22N2O4S/c1-4-5-11(16(21)22)17-14(20)12-8(2)9(3)23-15(12)18-13(19)10-6-7-10/h10-11H,4-7H2,1-3H3,(H,17,20)(H,18,19)(H,21,22). The third-order valence-electron chi connectivity index (χ3n) is 3.98. The molecule has 3 N–H and O–H groups in total. The van der Waals surface area contributed by atoms with Crippen LogP contribution in [0.2, 0.25) is 0 Å². The van der Waals surface area contributed by atoms with E-state index in [2.05, 4.69) is 10.6 Å². The molecule has 0 spiro atoms. The van der Waals surface area contributed by atoms with Crippen molar-refractivity contribution in [1.29, 1.82) is 0 Å². The summed E-state index contributed by atoms with van der Waals surface area (Å²) in [4.78, 5) is 36.7. The van der Waals surface area contributed by atoms with Gasteiger partial charge < -0.3 is 15.7 Å². The molecule has 0 aliphatic heterocycles. The van der Waals surface area contributed by atoms with Crippen LogP contribution in [0.1, 0.15) is 53.4 Å². The van der Waals surface area contributed by atoms with E-state index in [1.165, 1.54) is 11.3 Å². The number of aryl methyl sites for hydroxylation is 1. The van der Waals surface area contributed by atoms with E-state index in [1.807, 2.05) is 20.8 Å². The summed E-state index contributed by atoms with van der Waals surface area (Å²) in [5.74, 6) is -1.52. The Kier molecular flexibility index (Phi) is 5.41. The number of hydrogen-bond donors (Lipinski definition) is 3. The number of thiophene rings is 1. The topological polar surface area (TPSA) is 95.5 Å². The lowest BCUT2D eigenvalue weighted by molar-refractivity contribution is -0.139. The summed E-state index contributed by atoms with van der Waals surface area (Å²) in [5, 5.41) is 15.1. The zero-order valence-electron chi connectivity index (χ0n) is 13.6. The molecule has 0 aromatic carbocycles. The van der Waals surface area contributed by atoms with Crippen molar-refractivity contribution in [1.82, 2.24) is 5.32 Å². The number of carbonyl (C=O) groups is 3. The van der Waals surface area contributed by atoms with Crippen LogP contribution in [0.3, 0.4) is 0 Å². The Hall–Kier alpha value is -1.89. The van der Waals surface area contributed by atoms with Crippen molar-refractivity contribution in [2.45, 2.75) is 52.5 Å². The fourth-order valence-corrected chi connectivity index (χ4v) is 3.39. The Morgan fingerprint density at radius 3 is 2.48 bits per heavy atom. The Labute approximate surface area is 139 Å². The molecule has 7 heteroatoms. The summed E-state index contributed by atoms with van der Waals surface area (Å²) >= 11 is 1.35. The van der Waals surface area contributed by atoms with Crippen molar-refractivity contribution in [2.24, 2.45) is 5.92 Å². The van der Waals surface area contributed by atoms with E-state index in [-0.39, 0.29) is 11.8 Å². The second-order valence-corrected chi connectivity index (χ2v) is 7.13. The summed E-state index contributed by atoms with van der Waals surface area (Å²) in [5.41, 5.74) is 1.16. The van der Waals surface area contributed by atoms with Gasteiger partial charge in [0.05, 0.1) is 5.56 Å². The Bertz CT molecular complexity index is 634. The second-order valence-electron chi connectivity index (χ2n) is 5.90. The highest BCUT2D eigenvalue weighted by atomic mass is 32.1. The number of hydrogen-bond acceptors (Lipinski definition) is 4. The van der Waals surface area contributed by atoms with E-state index in [0.717, 1.165) is 23.3 Å². The number of nitrogens with one attached hydrogen (secondary N) is 2. The number of anilines is 1. The molecular weight excluding hydrogens is 316 g/mol.